The lowest BCUT2D eigenvalue weighted by Gasteiger charge is -2.29. The summed E-state index contributed by atoms with van der Waals surface area (Å²) in [5.74, 6) is 0. The third-order valence-corrected chi connectivity index (χ3v) is 2.69. The first kappa shape index (κ1) is 11.5. The Balaban J connectivity index is 2.94. The molecular weight excluding hydrogens is 198 g/mol. The monoisotopic (exact) mass is 213 g/mol. The quantitative estimate of drug-likeness (QED) is 0.810. The Bertz CT molecular complexity index is 312. The second-order valence-electron chi connectivity index (χ2n) is 4.18. The molecule has 0 aliphatic rings. The zero-order valence-electron chi connectivity index (χ0n) is 8.50. The molecule has 0 aromatic heterocycles. The Morgan fingerprint density at radius 3 is 2.64 bits per heavy atom. The molecule has 0 fully saturated rings. The second kappa shape index (κ2) is 4.30. The number of aliphatic hydroxyl groups excluding tert-OH is 1. The number of rotatable bonds is 3. The summed E-state index contributed by atoms with van der Waals surface area (Å²) in [6.45, 7) is 3.91. The van der Waals surface area contributed by atoms with E-state index in [2.05, 4.69) is 0 Å². The Kier molecular flexibility index (Phi) is 3.53. The molecule has 3 heteroatoms. The van der Waals surface area contributed by atoms with Crippen LogP contribution in [0.3, 0.4) is 0 Å². The molecule has 0 unspecified atom stereocenters. The van der Waals surface area contributed by atoms with Crippen LogP contribution in [-0.4, -0.2) is 11.7 Å². The Labute approximate surface area is 89.7 Å². The van der Waals surface area contributed by atoms with Gasteiger partial charge in [0.25, 0.3) is 0 Å². The lowest BCUT2D eigenvalue weighted by Crippen LogP contribution is -2.32. The van der Waals surface area contributed by atoms with Crippen LogP contribution in [0.5, 0.6) is 0 Å². The first-order chi connectivity index (χ1) is 6.47. The normalized spacial score (nSPS) is 14.1. The van der Waals surface area contributed by atoms with Crippen molar-refractivity contribution in [1.29, 1.82) is 0 Å². The maximum Gasteiger partial charge on any atom is 0.0500 e. The molecule has 2 nitrogen and oxygen atoms in total. The summed E-state index contributed by atoms with van der Waals surface area (Å²) in [4.78, 5) is 0. The predicted octanol–water partition coefficient (Wildman–Crippen LogP) is 2.36. The van der Waals surface area contributed by atoms with Crippen LogP contribution in [-0.2, 0) is 0 Å². The van der Waals surface area contributed by atoms with Crippen molar-refractivity contribution >= 4 is 11.6 Å². The maximum atomic E-state index is 9.18. The van der Waals surface area contributed by atoms with E-state index in [9.17, 15) is 5.11 Å². The second-order valence-corrected chi connectivity index (χ2v) is 4.62. The minimum Gasteiger partial charge on any atom is -0.396 e. The summed E-state index contributed by atoms with van der Waals surface area (Å²) >= 11 is 5.86. The molecule has 0 aliphatic carbocycles. The third-order valence-electron chi connectivity index (χ3n) is 2.46. The van der Waals surface area contributed by atoms with E-state index in [1.165, 1.54) is 0 Å². The van der Waals surface area contributed by atoms with Gasteiger partial charge in [0.1, 0.15) is 0 Å². The van der Waals surface area contributed by atoms with E-state index in [0.717, 1.165) is 5.56 Å². The summed E-state index contributed by atoms with van der Waals surface area (Å²) in [5.41, 5.74) is 6.66. The van der Waals surface area contributed by atoms with Crippen LogP contribution >= 0.6 is 11.6 Å². The molecule has 1 rings (SSSR count). The van der Waals surface area contributed by atoms with E-state index in [0.29, 0.717) is 5.02 Å². The minimum atomic E-state index is -0.329. The number of hydrogen-bond acceptors (Lipinski definition) is 2. The van der Waals surface area contributed by atoms with Gasteiger partial charge in [-0.25, -0.2) is 0 Å². The van der Waals surface area contributed by atoms with E-state index in [1.807, 2.05) is 38.1 Å². The Hall–Kier alpha value is -0.570. The van der Waals surface area contributed by atoms with Crippen molar-refractivity contribution in [3.63, 3.8) is 0 Å². The van der Waals surface area contributed by atoms with Crippen molar-refractivity contribution in [1.82, 2.24) is 0 Å². The predicted molar refractivity (Wildman–Crippen MR) is 59.2 cm³/mol. The van der Waals surface area contributed by atoms with Gasteiger partial charge < -0.3 is 10.8 Å². The Morgan fingerprint density at radius 2 is 2.14 bits per heavy atom. The average Bonchev–Trinajstić information content (AvgIpc) is 2.16. The fourth-order valence-corrected chi connectivity index (χ4v) is 1.45. The number of aliphatic hydroxyl groups is 1. The van der Waals surface area contributed by atoms with Gasteiger partial charge in [0.15, 0.2) is 0 Å². The summed E-state index contributed by atoms with van der Waals surface area (Å²) in [6.07, 6.45) is 0. The highest BCUT2D eigenvalue weighted by Crippen LogP contribution is 2.31. The molecule has 0 bridgehead atoms. The molecule has 0 aliphatic heterocycles. The van der Waals surface area contributed by atoms with Crippen molar-refractivity contribution in [3.8, 4) is 0 Å². The molecule has 1 aromatic rings. The van der Waals surface area contributed by atoms with Crippen LogP contribution in [0.15, 0.2) is 24.3 Å². The fraction of sp³-hybridized carbons (Fsp3) is 0.455. The van der Waals surface area contributed by atoms with Crippen molar-refractivity contribution in [3.05, 3.63) is 34.9 Å². The molecule has 1 atom stereocenters. The molecule has 0 heterocycles. The van der Waals surface area contributed by atoms with Crippen LogP contribution in [0, 0.1) is 5.41 Å². The van der Waals surface area contributed by atoms with E-state index in [4.69, 9.17) is 17.3 Å². The van der Waals surface area contributed by atoms with E-state index in [1.54, 1.807) is 0 Å². The van der Waals surface area contributed by atoms with E-state index in [-0.39, 0.29) is 18.1 Å². The van der Waals surface area contributed by atoms with Gasteiger partial charge in [0.2, 0.25) is 0 Å². The van der Waals surface area contributed by atoms with Crippen LogP contribution in [0.2, 0.25) is 5.02 Å². The van der Waals surface area contributed by atoms with Crippen molar-refractivity contribution in [2.24, 2.45) is 11.1 Å². The first-order valence-electron chi connectivity index (χ1n) is 4.59. The summed E-state index contributed by atoms with van der Waals surface area (Å²) < 4.78 is 0. The summed E-state index contributed by atoms with van der Waals surface area (Å²) in [7, 11) is 0. The van der Waals surface area contributed by atoms with Crippen LogP contribution in [0.25, 0.3) is 0 Å². The summed E-state index contributed by atoms with van der Waals surface area (Å²) in [6, 6.07) is 7.23. The molecule has 0 amide bonds. The van der Waals surface area contributed by atoms with Gasteiger partial charge in [-0.05, 0) is 17.7 Å². The topological polar surface area (TPSA) is 46.2 Å². The van der Waals surface area contributed by atoms with Crippen LogP contribution in [0.1, 0.15) is 25.5 Å². The molecule has 14 heavy (non-hydrogen) atoms. The number of benzene rings is 1. The fourth-order valence-electron chi connectivity index (χ4n) is 1.25. The highest BCUT2D eigenvalue weighted by atomic mass is 35.5. The largest absolute Gasteiger partial charge is 0.396 e. The first-order valence-corrected chi connectivity index (χ1v) is 4.97. The molecule has 3 N–H and O–H groups in total. The molecule has 0 radical (unpaired) electrons. The highest BCUT2D eigenvalue weighted by Gasteiger charge is 2.26. The Morgan fingerprint density at radius 1 is 1.50 bits per heavy atom. The smallest absolute Gasteiger partial charge is 0.0500 e. The SMILES string of the molecule is CC(C)(CO)[C@@H](N)c1cccc(Cl)c1. The van der Waals surface area contributed by atoms with Gasteiger partial charge in [-0.15, -0.1) is 0 Å². The van der Waals surface area contributed by atoms with Crippen molar-refractivity contribution in [2.75, 3.05) is 6.61 Å². The lowest BCUT2D eigenvalue weighted by molar-refractivity contribution is 0.132. The minimum absolute atomic E-state index is 0.0562. The molecule has 1 aromatic carbocycles. The van der Waals surface area contributed by atoms with Crippen molar-refractivity contribution < 1.29 is 5.11 Å². The number of hydrogen-bond donors (Lipinski definition) is 2. The zero-order valence-corrected chi connectivity index (χ0v) is 9.25. The molecule has 0 saturated heterocycles. The molecule has 78 valence electrons. The molecule has 0 spiro atoms. The van der Waals surface area contributed by atoms with Gasteiger partial charge in [0, 0.05) is 23.1 Å². The molecule has 0 saturated carbocycles. The van der Waals surface area contributed by atoms with Crippen LogP contribution < -0.4 is 5.73 Å². The van der Waals surface area contributed by atoms with Gasteiger partial charge in [-0.3, -0.25) is 0 Å². The van der Waals surface area contributed by atoms with Gasteiger partial charge in [0.05, 0.1) is 0 Å². The van der Waals surface area contributed by atoms with E-state index < -0.39 is 0 Å². The van der Waals surface area contributed by atoms with E-state index >= 15 is 0 Å². The highest BCUT2D eigenvalue weighted by molar-refractivity contribution is 6.30. The van der Waals surface area contributed by atoms with Crippen LogP contribution in [0.4, 0.5) is 0 Å². The average molecular weight is 214 g/mol. The van der Waals surface area contributed by atoms with Gasteiger partial charge >= 0.3 is 0 Å². The standard InChI is InChI=1S/C11H16ClNO/c1-11(2,7-14)10(13)8-4-3-5-9(12)6-8/h3-6,10,14H,7,13H2,1-2H3/t10-/m0/s1. The number of nitrogens with two attached hydrogens (primary N) is 1. The van der Waals surface area contributed by atoms with Gasteiger partial charge in [-0.2, -0.15) is 0 Å². The lowest BCUT2D eigenvalue weighted by atomic mass is 9.82. The number of halogens is 1. The molecular formula is C11H16ClNO. The van der Waals surface area contributed by atoms with Crippen molar-refractivity contribution in [2.45, 2.75) is 19.9 Å². The van der Waals surface area contributed by atoms with Gasteiger partial charge in [-0.1, -0.05) is 37.6 Å². The maximum absolute atomic E-state index is 9.18. The zero-order chi connectivity index (χ0) is 10.8. The third kappa shape index (κ3) is 2.47. The summed E-state index contributed by atoms with van der Waals surface area (Å²) in [5, 5.41) is 9.85.